The molecule has 1 aromatic heterocycles. The highest BCUT2D eigenvalue weighted by Crippen LogP contribution is 2.38. The van der Waals surface area contributed by atoms with E-state index in [1.807, 2.05) is 11.3 Å². The van der Waals surface area contributed by atoms with E-state index in [4.69, 9.17) is 12.2 Å². The summed E-state index contributed by atoms with van der Waals surface area (Å²) >= 11 is 11.1. The maximum Gasteiger partial charge on any atom is 0.0551 e. The van der Waals surface area contributed by atoms with Gasteiger partial charge in [0.15, 0.2) is 0 Å². The number of benzene rings is 2. The van der Waals surface area contributed by atoms with Crippen molar-refractivity contribution in [3.8, 4) is 0 Å². The average Bonchev–Trinajstić information content (AvgIpc) is 2.47. The zero-order valence-corrected chi connectivity index (χ0v) is 13.9. The Morgan fingerprint density at radius 2 is 1.79 bits per heavy atom. The molecule has 0 bridgehead atoms. The molecule has 0 saturated heterocycles. The van der Waals surface area contributed by atoms with Gasteiger partial charge in [0, 0.05) is 30.0 Å². The van der Waals surface area contributed by atoms with Gasteiger partial charge in [0.1, 0.15) is 0 Å². The molecule has 0 spiro atoms. The van der Waals surface area contributed by atoms with Crippen LogP contribution in [0.4, 0.5) is 0 Å². The molecule has 19 heavy (non-hydrogen) atoms. The highest BCUT2D eigenvalue weighted by molar-refractivity contribution is 7.99. The van der Waals surface area contributed by atoms with E-state index >= 15 is 0 Å². The van der Waals surface area contributed by atoms with Gasteiger partial charge in [-0.2, -0.15) is 0 Å². The van der Waals surface area contributed by atoms with Crippen molar-refractivity contribution in [1.82, 2.24) is 0 Å². The van der Waals surface area contributed by atoms with Crippen LogP contribution in [0.2, 0.25) is 0 Å². The Morgan fingerprint density at radius 1 is 1.00 bits per heavy atom. The van der Waals surface area contributed by atoms with E-state index in [1.54, 1.807) is 23.5 Å². The summed E-state index contributed by atoms with van der Waals surface area (Å²) < 4.78 is 3.57. The highest BCUT2D eigenvalue weighted by Gasteiger charge is 2.08. The summed E-state index contributed by atoms with van der Waals surface area (Å²) in [6.07, 6.45) is 4.24. The fraction of sp³-hybridized carbons (Fsp3) is 0.133. The first-order valence-electron chi connectivity index (χ1n) is 5.82. The number of thioether (sulfide) groups is 2. The second kappa shape index (κ2) is 5.44. The van der Waals surface area contributed by atoms with Gasteiger partial charge in [-0.3, -0.25) is 0 Å². The minimum Gasteiger partial charge on any atom is -0.134 e. The van der Waals surface area contributed by atoms with E-state index in [0.717, 1.165) is 4.51 Å². The van der Waals surface area contributed by atoms with E-state index in [2.05, 4.69) is 48.9 Å². The minimum absolute atomic E-state index is 0.982. The molecule has 0 unspecified atom stereocenters. The van der Waals surface area contributed by atoms with Gasteiger partial charge in [0.25, 0.3) is 0 Å². The summed E-state index contributed by atoms with van der Waals surface area (Å²) in [7, 11) is 0. The molecule has 3 aromatic rings. The van der Waals surface area contributed by atoms with Crippen molar-refractivity contribution in [3.05, 3.63) is 40.9 Å². The Morgan fingerprint density at radius 3 is 2.53 bits per heavy atom. The van der Waals surface area contributed by atoms with E-state index in [0.29, 0.717) is 0 Å². The zero-order valence-electron chi connectivity index (χ0n) is 10.6. The van der Waals surface area contributed by atoms with Crippen LogP contribution >= 0.6 is 47.1 Å². The molecule has 4 heteroatoms. The maximum atomic E-state index is 5.70. The van der Waals surface area contributed by atoms with Crippen molar-refractivity contribution in [2.75, 3.05) is 12.5 Å². The van der Waals surface area contributed by atoms with Crippen LogP contribution in [0.25, 0.3) is 20.2 Å². The first kappa shape index (κ1) is 13.4. The van der Waals surface area contributed by atoms with Crippen molar-refractivity contribution in [3.63, 3.8) is 0 Å². The predicted molar refractivity (Wildman–Crippen MR) is 93.7 cm³/mol. The Bertz CT molecular complexity index is 817. The van der Waals surface area contributed by atoms with Crippen LogP contribution in [-0.2, 0) is 0 Å². The second-order valence-electron chi connectivity index (χ2n) is 4.13. The van der Waals surface area contributed by atoms with Crippen LogP contribution in [0.15, 0.2) is 46.2 Å². The van der Waals surface area contributed by atoms with Gasteiger partial charge in [-0.15, -0.1) is 34.9 Å². The lowest BCUT2D eigenvalue weighted by Crippen LogP contribution is -1.81. The van der Waals surface area contributed by atoms with Crippen LogP contribution in [0, 0.1) is 4.51 Å². The molecule has 0 fully saturated rings. The highest BCUT2D eigenvalue weighted by atomic mass is 32.2. The fourth-order valence-electron chi connectivity index (χ4n) is 2.12. The van der Waals surface area contributed by atoms with Gasteiger partial charge in [-0.25, -0.2) is 0 Å². The molecule has 2 aromatic carbocycles. The quantitative estimate of drug-likeness (QED) is 0.312. The van der Waals surface area contributed by atoms with Gasteiger partial charge in [-0.05, 0) is 30.7 Å². The van der Waals surface area contributed by atoms with Gasteiger partial charge in [0.05, 0.1) is 4.51 Å². The topological polar surface area (TPSA) is 0 Å². The van der Waals surface area contributed by atoms with Crippen molar-refractivity contribution >= 4 is 67.3 Å². The standard InChI is InChI=1S/C15H12S4/c1-17-9-7-11-14(16)10-5-3-4-6-12(10)19-15(11)13(8-9)18-2/h3-8H,1-2H3. The third-order valence-corrected chi connectivity index (χ3v) is 6.33. The van der Waals surface area contributed by atoms with Crippen molar-refractivity contribution < 1.29 is 0 Å². The lowest BCUT2D eigenvalue weighted by atomic mass is 10.2. The molecular weight excluding hydrogens is 308 g/mol. The molecule has 0 aliphatic carbocycles. The largest absolute Gasteiger partial charge is 0.134 e. The summed E-state index contributed by atoms with van der Waals surface area (Å²) in [4.78, 5) is 2.61. The molecule has 0 nitrogen and oxygen atoms in total. The van der Waals surface area contributed by atoms with Crippen molar-refractivity contribution in [2.45, 2.75) is 9.79 Å². The van der Waals surface area contributed by atoms with Gasteiger partial charge in [-0.1, -0.05) is 30.4 Å². The van der Waals surface area contributed by atoms with Gasteiger partial charge < -0.3 is 0 Å². The van der Waals surface area contributed by atoms with Crippen LogP contribution in [0.5, 0.6) is 0 Å². The third-order valence-electron chi connectivity index (χ3n) is 3.07. The minimum atomic E-state index is 0.982. The van der Waals surface area contributed by atoms with E-state index in [9.17, 15) is 0 Å². The Labute approximate surface area is 130 Å². The van der Waals surface area contributed by atoms with Crippen LogP contribution in [0.1, 0.15) is 0 Å². The number of hydrogen-bond acceptors (Lipinski definition) is 4. The van der Waals surface area contributed by atoms with E-state index in [1.165, 1.54) is 30.0 Å². The van der Waals surface area contributed by atoms with Crippen LogP contribution in [-0.4, -0.2) is 12.5 Å². The number of fused-ring (bicyclic) bond motifs is 2. The smallest absolute Gasteiger partial charge is 0.0551 e. The lowest BCUT2D eigenvalue weighted by molar-refractivity contribution is 1.41. The average molecular weight is 321 g/mol. The molecule has 0 amide bonds. The SMILES string of the molecule is CSc1cc(SC)c2sc3ccccc3c(=S)c2c1. The first-order valence-corrected chi connectivity index (χ1v) is 9.49. The molecular formula is C15H12S4. The molecule has 0 radical (unpaired) electrons. The molecule has 96 valence electrons. The number of rotatable bonds is 2. The molecule has 1 heterocycles. The Hall–Kier alpha value is -0.550. The predicted octanol–water partition coefficient (Wildman–Crippen LogP) is 6.23. The second-order valence-corrected chi connectivity index (χ2v) is 7.32. The Balaban J connectivity index is 2.54. The van der Waals surface area contributed by atoms with E-state index < -0.39 is 0 Å². The van der Waals surface area contributed by atoms with Gasteiger partial charge >= 0.3 is 0 Å². The van der Waals surface area contributed by atoms with Gasteiger partial charge in [0.2, 0.25) is 0 Å². The molecule has 0 saturated carbocycles. The van der Waals surface area contributed by atoms with E-state index in [-0.39, 0.29) is 0 Å². The third kappa shape index (κ3) is 2.31. The monoisotopic (exact) mass is 320 g/mol. The normalized spacial score (nSPS) is 11.3. The molecule has 0 atom stereocenters. The maximum absolute atomic E-state index is 5.70. The van der Waals surface area contributed by atoms with Crippen molar-refractivity contribution in [2.24, 2.45) is 0 Å². The summed E-state index contributed by atoms with van der Waals surface area (Å²) in [5, 5.41) is 2.41. The lowest BCUT2D eigenvalue weighted by Gasteiger charge is -2.08. The molecule has 3 rings (SSSR count). The summed E-state index contributed by atoms with van der Waals surface area (Å²) in [5.74, 6) is 0. The molecule has 0 aliphatic rings. The van der Waals surface area contributed by atoms with Crippen LogP contribution < -0.4 is 0 Å². The zero-order chi connectivity index (χ0) is 13.4. The first-order chi connectivity index (χ1) is 9.24. The molecule has 0 aliphatic heterocycles. The van der Waals surface area contributed by atoms with Crippen molar-refractivity contribution in [1.29, 1.82) is 0 Å². The summed E-state index contributed by atoms with van der Waals surface area (Å²) in [6.45, 7) is 0. The summed E-state index contributed by atoms with van der Waals surface area (Å²) in [5.41, 5.74) is 0. The Kier molecular flexibility index (Phi) is 3.85. The molecule has 0 N–H and O–H groups in total. The fourth-order valence-corrected chi connectivity index (χ4v) is 5.13. The van der Waals surface area contributed by atoms with Crippen LogP contribution in [0.3, 0.4) is 0 Å². The summed E-state index contributed by atoms with van der Waals surface area (Å²) in [6, 6.07) is 12.9. The number of hydrogen-bond donors (Lipinski definition) is 0.